The number of carbonyl (C=O) groups is 2. The molecule has 0 saturated heterocycles. The Morgan fingerprint density at radius 2 is 1.63 bits per heavy atom. The van der Waals surface area contributed by atoms with Gasteiger partial charge in [-0.3, -0.25) is 4.79 Å². The summed E-state index contributed by atoms with van der Waals surface area (Å²) in [5.74, 6) is -3.47. The Balaban J connectivity index is 1.67. The Morgan fingerprint density at radius 1 is 1.00 bits per heavy atom. The Hall–Kier alpha value is -3.42. The van der Waals surface area contributed by atoms with Gasteiger partial charge in [-0.2, -0.15) is 0 Å². The SMILES string of the molecule is Cc1nc2ccc(C(=O)OCC(=O)Nc3c(F)cccc3F)cc2nc1C. The average Bonchev–Trinajstić information content (AvgIpc) is 2.63. The summed E-state index contributed by atoms with van der Waals surface area (Å²) in [5, 5.41) is 2.04. The monoisotopic (exact) mass is 371 g/mol. The third-order valence-corrected chi connectivity index (χ3v) is 3.87. The maximum absolute atomic E-state index is 13.5. The number of esters is 1. The number of anilines is 1. The number of nitrogens with one attached hydrogen (secondary N) is 1. The van der Waals surface area contributed by atoms with Crippen LogP contribution in [0.5, 0.6) is 0 Å². The zero-order valence-corrected chi connectivity index (χ0v) is 14.5. The standard InChI is InChI=1S/C19H15F2N3O3/c1-10-11(2)23-16-8-12(6-7-15(16)22-10)19(26)27-9-17(25)24-18-13(20)4-3-5-14(18)21/h3-8H,9H2,1-2H3,(H,24,25). The van der Waals surface area contributed by atoms with Crippen molar-refractivity contribution in [3.05, 3.63) is 65.0 Å². The number of hydrogen-bond acceptors (Lipinski definition) is 5. The molecule has 6 nitrogen and oxygen atoms in total. The van der Waals surface area contributed by atoms with Crippen molar-refractivity contribution in [2.45, 2.75) is 13.8 Å². The summed E-state index contributed by atoms with van der Waals surface area (Å²) in [6.45, 7) is 2.95. The summed E-state index contributed by atoms with van der Waals surface area (Å²) in [6.07, 6.45) is 0. The minimum atomic E-state index is -0.923. The van der Waals surface area contributed by atoms with Crippen LogP contribution in [0.25, 0.3) is 11.0 Å². The molecule has 0 unspecified atom stereocenters. The van der Waals surface area contributed by atoms with Gasteiger partial charge in [0.15, 0.2) is 6.61 Å². The molecule has 1 aromatic heterocycles. The molecule has 3 rings (SSSR count). The number of nitrogens with zero attached hydrogens (tertiary/aromatic N) is 2. The first-order valence-corrected chi connectivity index (χ1v) is 8.01. The molecule has 0 aliphatic rings. The summed E-state index contributed by atoms with van der Waals surface area (Å²) in [6, 6.07) is 7.81. The van der Waals surface area contributed by atoms with Gasteiger partial charge in [0.1, 0.15) is 17.3 Å². The topological polar surface area (TPSA) is 81.2 Å². The van der Waals surface area contributed by atoms with Crippen LogP contribution in [0.4, 0.5) is 14.5 Å². The number of rotatable bonds is 4. The highest BCUT2D eigenvalue weighted by Crippen LogP contribution is 2.18. The van der Waals surface area contributed by atoms with Crippen molar-refractivity contribution in [1.29, 1.82) is 0 Å². The third kappa shape index (κ3) is 4.05. The second-order valence-corrected chi connectivity index (χ2v) is 5.82. The number of ether oxygens (including phenoxy) is 1. The number of para-hydroxylation sites is 1. The predicted octanol–water partition coefficient (Wildman–Crippen LogP) is 3.32. The Bertz CT molecular complexity index is 1030. The molecule has 27 heavy (non-hydrogen) atoms. The number of halogens is 2. The summed E-state index contributed by atoms with van der Waals surface area (Å²) in [7, 11) is 0. The molecular formula is C19H15F2N3O3. The van der Waals surface area contributed by atoms with E-state index in [9.17, 15) is 18.4 Å². The minimum absolute atomic E-state index is 0.185. The number of carbonyl (C=O) groups excluding carboxylic acids is 2. The molecule has 0 aliphatic carbocycles. The Kier molecular flexibility index (Phi) is 5.07. The third-order valence-electron chi connectivity index (χ3n) is 3.87. The molecule has 1 heterocycles. The number of amides is 1. The minimum Gasteiger partial charge on any atom is -0.452 e. The highest BCUT2D eigenvalue weighted by molar-refractivity contribution is 5.97. The predicted molar refractivity (Wildman–Crippen MR) is 94.3 cm³/mol. The molecule has 0 saturated carbocycles. The van der Waals surface area contributed by atoms with Gasteiger partial charge < -0.3 is 10.1 Å². The van der Waals surface area contributed by atoms with Crippen molar-refractivity contribution in [3.8, 4) is 0 Å². The molecule has 1 amide bonds. The lowest BCUT2D eigenvalue weighted by atomic mass is 10.2. The van der Waals surface area contributed by atoms with Crippen LogP contribution in [-0.4, -0.2) is 28.5 Å². The molecule has 0 atom stereocenters. The highest BCUT2D eigenvalue weighted by atomic mass is 19.1. The van der Waals surface area contributed by atoms with Gasteiger partial charge in [-0.25, -0.2) is 23.5 Å². The second-order valence-electron chi connectivity index (χ2n) is 5.82. The number of aryl methyl sites for hydroxylation is 2. The highest BCUT2D eigenvalue weighted by Gasteiger charge is 2.15. The van der Waals surface area contributed by atoms with E-state index in [1.807, 2.05) is 12.2 Å². The van der Waals surface area contributed by atoms with Crippen LogP contribution in [0.3, 0.4) is 0 Å². The lowest BCUT2D eigenvalue weighted by Crippen LogP contribution is -2.22. The lowest BCUT2D eigenvalue weighted by Gasteiger charge is -2.09. The van der Waals surface area contributed by atoms with E-state index in [-0.39, 0.29) is 5.56 Å². The fraction of sp³-hybridized carbons (Fsp3) is 0.158. The maximum atomic E-state index is 13.5. The van der Waals surface area contributed by atoms with Gasteiger partial charge in [-0.05, 0) is 44.2 Å². The van der Waals surface area contributed by atoms with Crippen LogP contribution in [0.15, 0.2) is 36.4 Å². The summed E-state index contributed by atoms with van der Waals surface area (Å²) in [5.41, 5.74) is 2.26. The molecule has 2 aromatic carbocycles. The first-order chi connectivity index (χ1) is 12.8. The lowest BCUT2D eigenvalue weighted by molar-refractivity contribution is -0.119. The first-order valence-electron chi connectivity index (χ1n) is 8.01. The van der Waals surface area contributed by atoms with Crippen LogP contribution < -0.4 is 5.32 Å². The molecule has 0 fully saturated rings. The van der Waals surface area contributed by atoms with Gasteiger partial charge in [0, 0.05) is 0 Å². The summed E-state index contributed by atoms with van der Waals surface area (Å²) in [4.78, 5) is 32.7. The van der Waals surface area contributed by atoms with Crippen molar-refractivity contribution < 1.29 is 23.1 Å². The van der Waals surface area contributed by atoms with E-state index in [1.165, 1.54) is 18.2 Å². The van der Waals surface area contributed by atoms with E-state index in [4.69, 9.17) is 4.74 Å². The maximum Gasteiger partial charge on any atom is 0.338 e. The average molecular weight is 371 g/mol. The molecule has 3 aromatic rings. The smallest absolute Gasteiger partial charge is 0.338 e. The molecular weight excluding hydrogens is 356 g/mol. The molecule has 0 aliphatic heterocycles. The van der Waals surface area contributed by atoms with Crippen molar-refractivity contribution in [2.24, 2.45) is 0 Å². The van der Waals surface area contributed by atoms with E-state index >= 15 is 0 Å². The normalized spacial score (nSPS) is 10.7. The van der Waals surface area contributed by atoms with E-state index in [1.54, 1.807) is 13.0 Å². The van der Waals surface area contributed by atoms with Gasteiger partial charge in [0.2, 0.25) is 0 Å². The van der Waals surface area contributed by atoms with E-state index in [0.717, 1.165) is 23.5 Å². The zero-order valence-electron chi connectivity index (χ0n) is 14.5. The van der Waals surface area contributed by atoms with Crippen molar-refractivity contribution >= 4 is 28.6 Å². The van der Waals surface area contributed by atoms with Crippen molar-refractivity contribution in [3.63, 3.8) is 0 Å². The Labute approximate surface area is 153 Å². The van der Waals surface area contributed by atoms with Gasteiger partial charge in [0.25, 0.3) is 5.91 Å². The van der Waals surface area contributed by atoms with Gasteiger partial charge >= 0.3 is 5.97 Å². The van der Waals surface area contributed by atoms with Crippen LogP contribution >= 0.6 is 0 Å². The van der Waals surface area contributed by atoms with Crippen LogP contribution in [-0.2, 0) is 9.53 Å². The summed E-state index contributed by atoms with van der Waals surface area (Å²) >= 11 is 0. The molecule has 8 heteroatoms. The van der Waals surface area contributed by atoms with E-state index in [0.29, 0.717) is 11.0 Å². The van der Waals surface area contributed by atoms with E-state index < -0.39 is 35.8 Å². The second kappa shape index (κ2) is 7.45. The molecule has 0 bridgehead atoms. The quantitative estimate of drug-likeness (QED) is 0.712. The molecule has 0 spiro atoms. The Morgan fingerprint density at radius 3 is 2.30 bits per heavy atom. The van der Waals surface area contributed by atoms with Gasteiger partial charge in [-0.1, -0.05) is 6.07 Å². The van der Waals surface area contributed by atoms with Crippen LogP contribution in [0.1, 0.15) is 21.7 Å². The number of benzene rings is 2. The van der Waals surface area contributed by atoms with Gasteiger partial charge in [0.05, 0.1) is 28.0 Å². The fourth-order valence-corrected chi connectivity index (χ4v) is 2.36. The molecule has 1 N–H and O–H groups in total. The van der Waals surface area contributed by atoms with Crippen molar-refractivity contribution in [2.75, 3.05) is 11.9 Å². The summed E-state index contributed by atoms with van der Waals surface area (Å²) < 4.78 is 31.9. The number of aromatic nitrogens is 2. The fourth-order valence-electron chi connectivity index (χ4n) is 2.36. The first kappa shape index (κ1) is 18.4. The number of fused-ring (bicyclic) bond motifs is 1. The molecule has 138 valence electrons. The largest absolute Gasteiger partial charge is 0.452 e. The van der Waals surface area contributed by atoms with Crippen molar-refractivity contribution in [1.82, 2.24) is 9.97 Å². The molecule has 0 radical (unpaired) electrons. The van der Waals surface area contributed by atoms with E-state index in [2.05, 4.69) is 9.97 Å². The number of hydrogen-bond donors (Lipinski definition) is 1. The van der Waals surface area contributed by atoms with Crippen LogP contribution in [0.2, 0.25) is 0 Å². The van der Waals surface area contributed by atoms with Gasteiger partial charge in [-0.15, -0.1) is 0 Å². The van der Waals surface area contributed by atoms with Crippen LogP contribution in [0, 0.1) is 25.5 Å². The zero-order chi connectivity index (χ0) is 19.6.